The molecule has 2 heterocycles. The summed E-state index contributed by atoms with van der Waals surface area (Å²) in [7, 11) is 0. The lowest BCUT2D eigenvalue weighted by Crippen LogP contribution is -1.90. The summed E-state index contributed by atoms with van der Waals surface area (Å²) in [6.45, 7) is 1.48. The van der Waals surface area contributed by atoms with E-state index in [1.54, 1.807) is 12.3 Å². The molecule has 2 aromatic heterocycles. The Balaban J connectivity index is 2.85. The summed E-state index contributed by atoms with van der Waals surface area (Å²) >= 11 is 11.6. The summed E-state index contributed by atoms with van der Waals surface area (Å²) in [6.07, 6.45) is 1.61. The first-order valence-electron chi connectivity index (χ1n) is 3.93. The average molecular weight is 229 g/mol. The SMILES string of the molecule is CC(=O)c1c[nH]c2cc(Cl)nc(Cl)c12. The maximum atomic E-state index is 11.2. The van der Waals surface area contributed by atoms with Gasteiger partial charge >= 0.3 is 0 Å². The van der Waals surface area contributed by atoms with E-state index in [9.17, 15) is 4.79 Å². The Hall–Kier alpha value is -1.06. The lowest BCUT2D eigenvalue weighted by Gasteiger charge is -1.96. The molecule has 0 aliphatic carbocycles. The normalized spacial score (nSPS) is 10.8. The number of Topliss-reactive ketones (excluding diaryl/α,β-unsaturated/α-hetero) is 1. The fourth-order valence-corrected chi connectivity index (χ4v) is 1.89. The lowest BCUT2D eigenvalue weighted by atomic mass is 10.1. The summed E-state index contributed by atoms with van der Waals surface area (Å²) in [5, 5.41) is 1.18. The van der Waals surface area contributed by atoms with Gasteiger partial charge in [-0.1, -0.05) is 23.2 Å². The number of halogens is 2. The summed E-state index contributed by atoms with van der Waals surface area (Å²) in [4.78, 5) is 18.0. The first-order valence-corrected chi connectivity index (χ1v) is 4.69. The van der Waals surface area contributed by atoms with E-state index >= 15 is 0 Å². The Bertz CT molecular complexity index is 519. The summed E-state index contributed by atoms with van der Waals surface area (Å²) in [5.41, 5.74) is 1.26. The minimum atomic E-state index is -0.0535. The maximum Gasteiger partial charge on any atom is 0.162 e. The van der Waals surface area contributed by atoms with E-state index in [-0.39, 0.29) is 10.9 Å². The molecule has 0 spiro atoms. The molecule has 0 saturated carbocycles. The molecule has 2 aromatic rings. The van der Waals surface area contributed by atoms with Crippen LogP contribution in [0.5, 0.6) is 0 Å². The second kappa shape index (κ2) is 3.26. The van der Waals surface area contributed by atoms with Crippen molar-refractivity contribution in [2.75, 3.05) is 0 Å². The monoisotopic (exact) mass is 228 g/mol. The van der Waals surface area contributed by atoms with E-state index in [4.69, 9.17) is 23.2 Å². The molecule has 0 aromatic carbocycles. The van der Waals surface area contributed by atoms with E-state index in [0.717, 1.165) is 5.52 Å². The van der Waals surface area contributed by atoms with Gasteiger partial charge in [0.1, 0.15) is 10.3 Å². The van der Waals surface area contributed by atoms with Gasteiger partial charge in [0, 0.05) is 17.1 Å². The van der Waals surface area contributed by atoms with Gasteiger partial charge < -0.3 is 4.98 Å². The van der Waals surface area contributed by atoms with Gasteiger partial charge in [-0.25, -0.2) is 4.98 Å². The first kappa shape index (κ1) is 9.49. The zero-order chi connectivity index (χ0) is 10.3. The number of aromatic nitrogens is 2. The molecule has 1 N–H and O–H groups in total. The predicted octanol–water partition coefficient (Wildman–Crippen LogP) is 3.07. The molecule has 0 saturated heterocycles. The highest BCUT2D eigenvalue weighted by Crippen LogP contribution is 2.27. The predicted molar refractivity (Wildman–Crippen MR) is 56.1 cm³/mol. The molecule has 0 unspecified atom stereocenters. The van der Waals surface area contributed by atoms with Crippen molar-refractivity contribution >= 4 is 39.9 Å². The molecule has 72 valence electrons. The molecule has 0 aliphatic heterocycles. The van der Waals surface area contributed by atoms with Crippen LogP contribution in [0.15, 0.2) is 12.3 Å². The molecule has 0 aliphatic rings. The Labute approximate surface area is 90.0 Å². The lowest BCUT2D eigenvalue weighted by molar-refractivity contribution is 0.101. The molecule has 14 heavy (non-hydrogen) atoms. The van der Waals surface area contributed by atoms with Crippen LogP contribution in [0.3, 0.4) is 0 Å². The zero-order valence-electron chi connectivity index (χ0n) is 7.27. The largest absolute Gasteiger partial charge is 0.360 e. The minimum absolute atomic E-state index is 0.0535. The molecular weight excluding hydrogens is 223 g/mol. The number of nitrogens with one attached hydrogen (secondary N) is 1. The maximum absolute atomic E-state index is 11.2. The standard InChI is InChI=1S/C9H6Cl2N2O/c1-4(14)5-3-12-6-2-7(10)13-9(11)8(5)6/h2-3,12H,1H3. The highest BCUT2D eigenvalue weighted by molar-refractivity contribution is 6.37. The third kappa shape index (κ3) is 1.38. The van der Waals surface area contributed by atoms with Crippen LogP contribution in [0.25, 0.3) is 10.9 Å². The first-order chi connectivity index (χ1) is 6.59. The van der Waals surface area contributed by atoms with Crippen LogP contribution in [0, 0.1) is 0 Å². The average Bonchev–Trinajstić information content (AvgIpc) is 2.47. The smallest absolute Gasteiger partial charge is 0.162 e. The van der Waals surface area contributed by atoms with E-state index in [2.05, 4.69) is 9.97 Å². The number of aromatic amines is 1. The van der Waals surface area contributed by atoms with Crippen molar-refractivity contribution in [3.8, 4) is 0 Å². The number of nitrogens with zero attached hydrogens (tertiary/aromatic N) is 1. The highest BCUT2D eigenvalue weighted by atomic mass is 35.5. The van der Waals surface area contributed by atoms with Crippen LogP contribution in [0.4, 0.5) is 0 Å². The second-order valence-electron chi connectivity index (χ2n) is 2.92. The van der Waals surface area contributed by atoms with E-state index < -0.39 is 0 Å². The number of carbonyl (C=O) groups is 1. The Kier molecular flexibility index (Phi) is 2.21. The van der Waals surface area contributed by atoms with E-state index in [1.165, 1.54) is 6.92 Å². The van der Waals surface area contributed by atoms with Crippen LogP contribution in [0.2, 0.25) is 10.3 Å². The van der Waals surface area contributed by atoms with Crippen molar-refractivity contribution in [1.29, 1.82) is 0 Å². The van der Waals surface area contributed by atoms with Gasteiger partial charge in [0.2, 0.25) is 0 Å². The quantitative estimate of drug-likeness (QED) is 0.603. The molecule has 0 bridgehead atoms. The van der Waals surface area contributed by atoms with Crippen LogP contribution in [-0.4, -0.2) is 15.8 Å². The molecule has 0 fully saturated rings. The van der Waals surface area contributed by atoms with Crippen molar-refractivity contribution in [3.63, 3.8) is 0 Å². The Morgan fingerprint density at radius 2 is 2.21 bits per heavy atom. The van der Waals surface area contributed by atoms with Gasteiger partial charge in [0.25, 0.3) is 0 Å². The topological polar surface area (TPSA) is 45.8 Å². The molecule has 2 rings (SSSR count). The third-order valence-corrected chi connectivity index (χ3v) is 2.43. The van der Waals surface area contributed by atoms with Crippen molar-refractivity contribution < 1.29 is 4.79 Å². The van der Waals surface area contributed by atoms with Gasteiger partial charge in [0.05, 0.1) is 5.52 Å². The van der Waals surface area contributed by atoms with E-state index in [0.29, 0.717) is 16.1 Å². The number of hydrogen-bond acceptors (Lipinski definition) is 2. The van der Waals surface area contributed by atoms with Gasteiger partial charge in [-0.15, -0.1) is 0 Å². The summed E-state index contributed by atoms with van der Waals surface area (Å²) in [6, 6.07) is 1.63. The number of ketones is 1. The van der Waals surface area contributed by atoms with Crippen LogP contribution < -0.4 is 0 Å². The van der Waals surface area contributed by atoms with Gasteiger partial charge in [-0.3, -0.25) is 4.79 Å². The molecule has 0 amide bonds. The van der Waals surface area contributed by atoms with Crippen molar-refractivity contribution in [3.05, 3.63) is 28.1 Å². The number of rotatable bonds is 1. The third-order valence-electron chi connectivity index (χ3n) is 1.96. The van der Waals surface area contributed by atoms with Crippen molar-refractivity contribution in [1.82, 2.24) is 9.97 Å². The molecule has 5 heteroatoms. The number of fused-ring (bicyclic) bond motifs is 1. The number of carbonyl (C=O) groups excluding carboxylic acids is 1. The fourth-order valence-electron chi connectivity index (χ4n) is 1.35. The number of pyridine rings is 1. The molecule has 3 nitrogen and oxygen atoms in total. The minimum Gasteiger partial charge on any atom is -0.360 e. The highest BCUT2D eigenvalue weighted by Gasteiger charge is 2.12. The summed E-state index contributed by atoms with van der Waals surface area (Å²) < 4.78 is 0. The van der Waals surface area contributed by atoms with Gasteiger partial charge in [0.15, 0.2) is 5.78 Å². The van der Waals surface area contributed by atoms with Crippen molar-refractivity contribution in [2.24, 2.45) is 0 Å². The van der Waals surface area contributed by atoms with Crippen LogP contribution in [0.1, 0.15) is 17.3 Å². The molecule has 0 atom stereocenters. The summed E-state index contributed by atoms with van der Waals surface area (Å²) in [5.74, 6) is -0.0535. The van der Waals surface area contributed by atoms with Crippen molar-refractivity contribution in [2.45, 2.75) is 6.92 Å². The van der Waals surface area contributed by atoms with Gasteiger partial charge in [-0.05, 0) is 13.0 Å². The van der Waals surface area contributed by atoms with Gasteiger partial charge in [-0.2, -0.15) is 0 Å². The number of hydrogen-bond donors (Lipinski definition) is 1. The molecular formula is C9H6Cl2N2O. The Morgan fingerprint density at radius 1 is 1.50 bits per heavy atom. The van der Waals surface area contributed by atoms with Crippen LogP contribution in [-0.2, 0) is 0 Å². The number of H-pyrrole nitrogens is 1. The second-order valence-corrected chi connectivity index (χ2v) is 3.66. The van der Waals surface area contributed by atoms with Crippen LogP contribution >= 0.6 is 23.2 Å². The molecule has 0 radical (unpaired) electrons. The zero-order valence-corrected chi connectivity index (χ0v) is 8.78. The van der Waals surface area contributed by atoms with E-state index in [1.807, 2.05) is 0 Å². The fraction of sp³-hybridized carbons (Fsp3) is 0.111. The Morgan fingerprint density at radius 3 is 2.86 bits per heavy atom.